The minimum absolute atomic E-state index is 0.516. The van der Waals surface area contributed by atoms with E-state index in [1.165, 1.54) is 31.2 Å². The van der Waals surface area contributed by atoms with Gasteiger partial charge in [-0.05, 0) is 31.4 Å². The fourth-order valence-corrected chi connectivity index (χ4v) is 2.26. The van der Waals surface area contributed by atoms with Crippen LogP contribution in [0.5, 0.6) is 0 Å². The highest BCUT2D eigenvalue weighted by atomic mass is 14.9. The number of rotatable bonds is 7. The van der Waals surface area contributed by atoms with Crippen LogP contribution in [0.4, 0.5) is 0 Å². The van der Waals surface area contributed by atoms with Crippen molar-refractivity contribution in [1.29, 1.82) is 0 Å². The van der Waals surface area contributed by atoms with Gasteiger partial charge in [0.05, 0.1) is 0 Å². The van der Waals surface area contributed by atoms with Gasteiger partial charge in [0.1, 0.15) is 0 Å². The van der Waals surface area contributed by atoms with E-state index in [2.05, 4.69) is 56.5 Å². The second-order valence-corrected chi connectivity index (χ2v) is 4.51. The molecule has 1 aromatic rings. The Kier molecular flexibility index (Phi) is 6.17. The first-order valence-electron chi connectivity index (χ1n) is 6.54. The highest BCUT2D eigenvalue weighted by molar-refractivity contribution is 5.18. The van der Waals surface area contributed by atoms with E-state index in [4.69, 9.17) is 0 Å². The van der Waals surface area contributed by atoms with Gasteiger partial charge >= 0.3 is 0 Å². The Morgan fingerprint density at radius 1 is 1.00 bits per heavy atom. The zero-order valence-electron chi connectivity index (χ0n) is 10.9. The van der Waals surface area contributed by atoms with Crippen LogP contribution in [0, 0.1) is 5.92 Å². The molecular formula is C15H25N. The summed E-state index contributed by atoms with van der Waals surface area (Å²) in [4.78, 5) is 0. The summed E-state index contributed by atoms with van der Waals surface area (Å²) in [5.41, 5.74) is 1.41. The smallest absolute Gasteiger partial charge is 0.0317 e. The Labute approximate surface area is 100 Å². The van der Waals surface area contributed by atoms with Gasteiger partial charge in [-0.2, -0.15) is 0 Å². The van der Waals surface area contributed by atoms with E-state index in [1.54, 1.807) is 0 Å². The summed E-state index contributed by atoms with van der Waals surface area (Å²) in [7, 11) is 2.06. The summed E-state index contributed by atoms with van der Waals surface area (Å²) in [5.74, 6) is 0.888. The molecule has 90 valence electrons. The average molecular weight is 219 g/mol. The first-order chi connectivity index (χ1) is 7.81. The lowest BCUT2D eigenvalue weighted by atomic mass is 9.92. The minimum atomic E-state index is 0.516. The van der Waals surface area contributed by atoms with Crippen LogP contribution in [0.25, 0.3) is 0 Å². The maximum atomic E-state index is 3.42. The minimum Gasteiger partial charge on any atom is -0.313 e. The van der Waals surface area contributed by atoms with Gasteiger partial charge in [0.2, 0.25) is 0 Å². The largest absolute Gasteiger partial charge is 0.313 e. The SMILES string of the molecule is CCC(CC)CCC(NC)c1ccccc1. The van der Waals surface area contributed by atoms with Crippen LogP contribution >= 0.6 is 0 Å². The molecule has 0 bridgehead atoms. The predicted molar refractivity (Wildman–Crippen MR) is 71.5 cm³/mol. The van der Waals surface area contributed by atoms with Gasteiger partial charge in [-0.15, -0.1) is 0 Å². The molecule has 0 saturated carbocycles. The lowest BCUT2D eigenvalue weighted by molar-refractivity contribution is 0.400. The maximum absolute atomic E-state index is 3.42. The Bertz CT molecular complexity index is 264. The fraction of sp³-hybridized carbons (Fsp3) is 0.600. The average Bonchev–Trinajstić information content (AvgIpc) is 2.36. The molecule has 16 heavy (non-hydrogen) atoms. The van der Waals surface area contributed by atoms with Crippen LogP contribution in [-0.2, 0) is 0 Å². The molecule has 0 fully saturated rings. The molecule has 0 saturated heterocycles. The molecule has 1 rings (SSSR count). The summed E-state index contributed by atoms with van der Waals surface area (Å²) in [6, 6.07) is 11.3. The maximum Gasteiger partial charge on any atom is 0.0317 e. The molecule has 1 unspecified atom stereocenters. The topological polar surface area (TPSA) is 12.0 Å². The zero-order chi connectivity index (χ0) is 11.8. The van der Waals surface area contributed by atoms with Crippen molar-refractivity contribution in [3.63, 3.8) is 0 Å². The number of hydrogen-bond acceptors (Lipinski definition) is 1. The van der Waals surface area contributed by atoms with Crippen molar-refractivity contribution in [2.24, 2.45) is 5.92 Å². The molecular weight excluding hydrogens is 194 g/mol. The Morgan fingerprint density at radius 2 is 1.62 bits per heavy atom. The zero-order valence-corrected chi connectivity index (χ0v) is 10.9. The third-order valence-corrected chi connectivity index (χ3v) is 3.57. The van der Waals surface area contributed by atoms with Crippen LogP contribution in [0.1, 0.15) is 51.1 Å². The highest BCUT2D eigenvalue weighted by Gasteiger charge is 2.11. The highest BCUT2D eigenvalue weighted by Crippen LogP contribution is 2.23. The summed E-state index contributed by atoms with van der Waals surface area (Å²) >= 11 is 0. The van der Waals surface area contributed by atoms with Gasteiger partial charge in [0.25, 0.3) is 0 Å². The predicted octanol–water partition coefficient (Wildman–Crippen LogP) is 4.16. The summed E-state index contributed by atoms with van der Waals surface area (Å²) in [5, 5.41) is 3.42. The number of hydrogen-bond donors (Lipinski definition) is 1. The van der Waals surface area contributed by atoms with Gasteiger partial charge in [0, 0.05) is 6.04 Å². The molecule has 0 amide bonds. The molecule has 0 aliphatic rings. The van der Waals surface area contributed by atoms with Gasteiger partial charge in [0.15, 0.2) is 0 Å². The summed E-state index contributed by atoms with van der Waals surface area (Å²) < 4.78 is 0. The Balaban J connectivity index is 2.50. The fourth-order valence-electron chi connectivity index (χ4n) is 2.26. The van der Waals surface area contributed by atoms with Crippen molar-refractivity contribution in [1.82, 2.24) is 5.32 Å². The van der Waals surface area contributed by atoms with Gasteiger partial charge in [-0.3, -0.25) is 0 Å². The van der Waals surface area contributed by atoms with E-state index in [0.29, 0.717) is 6.04 Å². The Hall–Kier alpha value is -0.820. The molecule has 0 heterocycles. The molecule has 1 N–H and O–H groups in total. The van der Waals surface area contributed by atoms with Crippen molar-refractivity contribution in [2.45, 2.75) is 45.6 Å². The molecule has 0 aliphatic heterocycles. The van der Waals surface area contributed by atoms with Crippen LogP contribution in [-0.4, -0.2) is 7.05 Å². The third-order valence-electron chi connectivity index (χ3n) is 3.57. The van der Waals surface area contributed by atoms with Gasteiger partial charge < -0.3 is 5.32 Å². The van der Waals surface area contributed by atoms with Gasteiger partial charge in [-0.1, -0.05) is 57.0 Å². The quantitative estimate of drug-likeness (QED) is 0.726. The van der Waals surface area contributed by atoms with Crippen molar-refractivity contribution in [3.8, 4) is 0 Å². The standard InChI is InChI=1S/C15H25N/c1-4-13(5-2)11-12-15(16-3)14-9-7-6-8-10-14/h6-10,13,15-16H,4-5,11-12H2,1-3H3. The molecule has 1 nitrogen and oxygen atoms in total. The van der Waals surface area contributed by atoms with E-state index < -0.39 is 0 Å². The van der Waals surface area contributed by atoms with Crippen LogP contribution in [0.2, 0.25) is 0 Å². The van der Waals surface area contributed by atoms with E-state index in [9.17, 15) is 0 Å². The molecule has 0 aromatic heterocycles. The second kappa shape index (κ2) is 7.45. The van der Waals surface area contributed by atoms with E-state index in [1.807, 2.05) is 0 Å². The van der Waals surface area contributed by atoms with Crippen molar-refractivity contribution in [2.75, 3.05) is 7.05 Å². The Morgan fingerprint density at radius 3 is 2.12 bits per heavy atom. The van der Waals surface area contributed by atoms with Crippen molar-refractivity contribution in [3.05, 3.63) is 35.9 Å². The number of nitrogens with one attached hydrogen (secondary N) is 1. The lowest BCUT2D eigenvalue weighted by Gasteiger charge is -2.19. The summed E-state index contributed by atoms with van der Waals surface area (Å²) in [6.07, 6.45) is 5.18. The molecule has 0 radical (unpaired) electrons. The van der Waals surface area contributed by atoms with E-state index in [-0.39, 0.29) is 0 Å². The monoisotopic (exact) mass is 219 g/mol. The normalized spacial score (nSPS) is 13.0. The third kappa shape index (κ3) is 3.97. The van der Waals surface area contributed by atoms with Crippen molar-refractivity contribution < 1.29 is 0 Å². The molecule has 0 spiro atoms. The van der Waals surface area contributed by atoms with Gasteiger partial charge in [-0.25, -0.2) is 0 Å². The molecule has 1 aromatic carbocycles. The van der Waals surface area contributed by atoms with E-state index in [0.717, 1.165) is 5.92 Å². The summed E-state index contributed by atoms with van der Waals surface area (Å²) in [6.45, 7) is 4.59. The molecule has 1 heteroatoms. The molecule has 0 aliphatic carbocycles. The van der Waals surface area contributed by atoms with Crippen LogP contribution in [0.3, 0.4) is 0 Å². The first kappa shape index (κ1) is 13.2. The van der Waals surface area contributed by atoms with Crippen molar-refractivity contribution >= 4 is 0 Å². The van der Waals surface area contributed by atoms with Crippen LogP contribution < -0.4 is 5.32 Å². The number of benzene rings is 1. The lowest BCUT2D eigenvalue weighted by Crippen LogP contribution is -2.17. The second-order valence-electron chi connectivity index (χ2n) is 4.51. The molecule has 1 atom stereocenters. The first-order valence-corrected chi connectivity index (χ1v) is 6.54. The van der Waals surface area contributed by atoms with Crippen LogP contribution in [0.15, 0.2) is 30.3 Å². The van der Waals surface area contributed by atoms with E-state index >= 15 is 0 Å².